The van der Waals surface area contributed by atoms with Gasteiger partial charge in [0.05, 0.1) is 12.2 Å². The van der Waals surface area contributed by atoms with Gasteiger partial charge in [-0.3, -0.25) is 9.48 Å². The number of likely N-dealkylation sites (N-methyl/N-ethyl adjacent to an activating group) is 1. The van der Waals surface area contributed by atoms with E-state index >= 15 is 0 Å². The Morgan fingerprint density at radius 2 is 2.06 bits per heavy atom. The van der Waals surface area contributed by atoms with Crippen molar-refractivity contribution < 1.29 is 13.2 Å². The molecule has 1 aromatic heterocycles. The monoisotopic (exact) mass is 275 g/mol. The molecule has 9 heteroatoms. The van der Waals surface area contributed by atoms with Crippen LogP contribution in [-0.4, -0.2) is 49.6 Å². The fourth-order valence-electron chi connectivity index (χ4n) is 1.33. The quantitative estimate of drug-likeness (QED) is 0.708. The van der Waals surface area contributed by atoms with Crippen molar-refractivity contribution in [2.45, 2.75) is 11.8 Å². The van der Waals surface area contributed by atoms with Crippen LogP contribution in [0.4, 0.5) is 5.82 Å². The van der Waals surface area contributed by atoms with E-state index in [9.17, 15) is 13.2 Å². The summed E-state index contributed by atoms with van der Waals surface area (Å²) in [4.78, 5) is 12.5. The average Bonchev–Trinajstić information content (AvgIpc) is 2.50. The van der Waals surface area contributed by atoms with Crippen molar-refractivity contribution in [3.05, 3.63) is 5.69 Å². The van der Waals surface area contributed by atoms with Gasteiger partial charge in [0.25, 0.3) is 0 Å². The summed E-state index contributed by atoms with van der Waals surface area (Å²) in [5.74, 6) is -0.432. The van der Waals surface area contributed by atoms with Crippen molar-refractivity contribution in [2.75, 3.05) is 26.4 Å². The van der Waals surface area contributed by atoms with Crippen LogP contribution >= 0.6 is 0 Å². The molecule has 1 rings (SSSR count). The number of sulfonamides is 1. The third-order valence-corrected chi connectivity index (χ3v) is 4.05. The Balaban J connectivity index is 2.97. The SMILES string of the molecule is Cc1c(S(=O)(=O)NCC(=O)N(C)C)c(N)nn1C. The number of nitrogen functional groups attached to an aromatic ring is 1. The van der Waals surface area contributed by atoms with Gasteiger partial charge in [-0.1, -0.05) is 0 Å². The molecule has 0 aromatic carbocycles. The Labute approximate surface area is 106 Å². The van der Waals surface area contributed by atoms with E-state index in [1.165, 1.54) is 9.58 Å². The molecule has 0 aliphatic carbocycles. The second kappa shape index (κ2) is 4.94. The van der Waals surface area contributed by atoms with Crippen molar-refractivity contribution >= 4 is 21.7 Å². The van der Waals surface area contributed by atoms with Crippen LogP contribution in [0.5, 0.6) is 0 Å². The molecule has 102 valence electrons. The Bertz CT molecular complexity index is 561. The highest BCUT2D eigenvalue weighted by Gasteiger charge is 2.25. The van der Waals surface area contributed by atoms with Crippen LogP contribution in [0.3, 0.4) is 0 Å². The van der Waals surface area contributed by atoms with Crippen LogP contribution in [0.2, 0.25) is 0 Å². The lowest BCUT2D eigenvalue weighted by atomic mass is 10.5. The topological polar surface area (TPSA) is 110 Å². The van der Waals surface area contributed by atoms with Crippen molar-refractivity contribution in [3.8, 4) is 0 Å². The van der Waals surface area contributed by atoms with E-state index in [1.54, 1.807) is 28.1 Å². The number of nitrogens with one attached hydrogen (secondary N) is 1. The standard InChI is InChI=1S/C9H17N5O3S/c1-6-8(9(10)12-14(6)4)18(16,17)11-5-7(15)13(2)3/h11H,5H2,1-4H3,(H2,10,12). The number of rotatable bonds is 4. The van der Waals surface area contributed by atoms with Gasteiger partial charge in [0.2, 0.25) is 15.9 Å². The average molecular weight is 275 g/mol. The molecule has 3 N–H and O–H groups in total. The Hall–Kier alpha value is -1.61. The van der Waals surface area contributed by atoms with Crippen molar-refractivity contribution in [1.82, 2.24) is 19.4 Å². The molecular weight excluding hydrogens is 258 g/mol. The fourth-order valence-corrected chi connectivity index (χ4v) is 2.63. The molecule has 0 radical (unpaired) electrons. The zero-order valence-electron chi connectivity index (χ0n) is 10.8. The minimum atomic E-state index is -3.84. The maximum absolute atomic E-state index is 12.0. The van der Waals surface area contributed by atoms with E-state index in [0.717, 1.165) is 0 Å². The van der Waals surface area contributed by atoms with Crippen LogP contribution in [0.15, 0.2) is 4.90 Å². The molecule has 18 heavy (non-hydrogen) atoms. The fraction of sp³-hybridized carbons (Fsp3) is 0.556. The number of carbonyl (C=O) groups excluding carboxylic acids is 1. The van der Waals surface area contributed by atoms with Crippen LogP contribution in [-0.2, 0) is 21.9 Å². The number of carbonyl (C=O) groups is 1. The van der Waals surface area contributed by atoms with Gasteiger partial charge in [0, 0.05) is 21.1 Å². The van der Waals surface area contributed by atoms with Gasteiger partial charge < -0.3 is 10.6 Å². The van der Waals surface area contributed by atoms with Gasteiger partial charge in [-0.2, -0.15) is 5.10 Å². The van der Waals surface area contributed by atoms with Gasteiger partial charge in [0.15, 0.2) is 5.82 Å². The number of amides is 1. The summed E-state index contributed by atoms with van der Waals surface area (Å²) in [5, 5.41) is 3.82. The zero-order valence-corrected chi connectivity index (χ0v) is 11.6. The predicted molar refractivity (Wildman–Crippen MR) is 66.2 cm³/mol. The number of nitrogens with two attached hydrogens (primary N) is 1. The van der Waals surface area contributed by atoms with E-state index in [1.807, 2.05) is 0 Å². The van der Waals surface area contributed by atoms with E-state index < -0.39 is 10.0 Å². The predicted octanol–water partition coefficient (Wildman–Crippen LogP) is -1.32. The van der Waals surface area contributed by atoms with Crippen molar-refractivity contribution in [2.24, 2.45) is 7.05 Å². The molecule has 0 aliphatic rings. The first-order chi connectivity index (χ1) is 8.16. The first-order valence-corrected chi connectivity index (χ1v) is 6.64. The highest BCUT2D eigenvalue weighted by molar-refractivity contribution is 7.89. The van der Waals surface area contributed by atoms with Crippen molar-refractivity contribution in [1.29, 1.82) is 0 Å². The molecule has 1 heterocycles. The van der Waals surface area contributed by atoms with E-state index in [-0.39, 0.29) is 23.2 Å². The molecular formula is C9H17N5O3S. The highest BCUT2D eigenvalue weighted by Crippen LogP contribution is 2.20. The second-order valence-corrected chi connectivity index (χ2v) is 5.74. The van der Waals surface area contributed by atoms with Gasteiger partial charge >= 0.3 is 0 Å². The minimum absolute atomic E-state index is 0.0835. The van der Waals surface area contributed by atoms with E-state index in [2.05, 4.69) is 9.82 Å². The van der Waals surface area contributed by atoms with Crippen LogP contribution < -0.4 is 10.5 Å². The first-order valence-electron chi connectivity index (χ1n) is 5.15. The van der Waals surface area contributed by atoms with Crippen LogP contribution in [0, 0.1) is 6.92 Å². The molecule has 0 aliphatic heterocycles. The minimum Gasteiger partial charge on any atom is -0.381 e. The zero-order chi connectivity index (χ0) is 14.1. The number of aryl methyl sites for hydroxylation is 1. The van der Waals surface area contributed by atoms with Gasteiger partial charge in [-0.05, 0) is 6.92 Å². The molecule has 0 bridgehead atoms. The summed E-state index contributed by atoms with van der Waals surface area (Å²) in [5.41, 5.74) is 5.96. The van der Waals surface area contributed by atoms with E-state index in [0.29, 0.717) is 5.69 Å². The van der Waals surface area contributed by atoms with Gasteiger partial charge in [0.1, 0.15) is 4.90 Å². The largest absolute Gasteiger partial charge is 0.381 e. The molecule has 0 unspecified atom stereocenters. The molecule has 0 fully saturated rings. The molecule has 8 nitrogen and oxygen atoms in total. The van der Waals surface area contributed by atoms with Gasteiger partial charge in [-0.15, -0.1) is 0 Å². The van der Waals surface area contributed by atoms with Crippen molar-refractivity contribution in [3.63, 3.8) is 0 Å². The number of aromatic nitrogens is 2. The third kappa shape index (κ3) is 2.79. The number of anilines is 1. The van der Waals surface area contributed by atoms with Gasteiger partial charge in [-0.25, -0.2) is 13.1 Å². The lowest BCUT2D eigenvalue weighted by Crippen LogP contribution is -2.36. The van der Waals surface area contributed by atoms with E-state index in [4.69, 9.17) is 5.73 Å². The Kier molecular flexibility index (Phi) is 3.97. The first kappa shape index (κ1) is 14.5. The maximum atomic E-state index is 12.0. The lowest BCUT2D eigenvalue weighted by molar-refractivity contribution is -0.127. The number of hydrogen-bond donors (Lipinski definition) is 2. The summed E-state index contributed by atoms with van der Waals surface area (Å²) in [6.07, 6.45) is 0. The Morgan fingerprint density at radius 1 is 1.50 bits per heavy atom. The molecule has 0 spiro atoms. The molecule has 1 amide bonds. The molecule has 0 saturated heterocycles. The normalized spacial score (nSPS) is 11.6. The third-order valence-electron chi connectivity index (χ3n) is 2.49. The Morgan fingerprint density at radius 3 is 2.44 bits per heavy atom. The summed E-state index contributed by atoms with van der Waals surface area (Å²) >= 11 is 0. The highest BCUT2D eigenvalue weighted by atomic mass is 32.2. The summed E-state index contributed by atoms with van der Waals surface area (Å²) in [7, 11) is 0.842. The molecule has 1 aromatic rings. The summed E-state index contributed by atoms with van der Waals surface area (Å²) in [6.45, 7) is 1.27. The second-order valence-electron chi connectivity index (χ2n) is 4.04. The molecule has 0 atom stereocenters. The lowest BCUT2D eigenvalue weighted by Gasteiger charge is -2.11. The number of nitrogens with zero attached hydrogens (tertiary/aromatic N) is 3. The summed E-state index contributed by atoms with van der Waals surface area (Å²) in [6, 6.07) is 0. The molecule has 0 saturated carbocycles. The number of hydrogen-bond acceptors (Lipinski definition) is 5. The smallest absolute Gasteiger partial charge is 0.246 e. The summed E-state index contributed by atoms with van der Waals surface area (Å²) < 4.78 is 27.6. The maximum Gasteiger partial charge on any atom is 0.246 e. The van der Waals surface area contributed by atoms with Crippen LogP contribution in [0.25, 0.3) is 0 Å². The van der Waals surface area contributed by atoms with Crippen LogP contribution in [0.1, 0.15) is 5.69 Å².